The van der Waals surface area contributed by atoms with Gasteiger partial charge in [0.15, 0.2) is 0 Å². The van der Waals surface area contributed by atoms with Gasteiger partial charge in [-0.3, -0.25) is 9.69 Å². The topological polar surface area (TPSA) is 79.0 Å². The van der Waals surface area contributed by atoms with Gasteiger partial charge >= 0.3 is 0 Å². The Bertz CT molecular complexity index is 814. The fraction of sp³-hybridized carbons (Fsp3) is 0.571. The number of halogens is 1. The number of rotatable bonds is 5. The van der Waals surface area contributed by atoms with Gasteiger partial charge < -0.3 is 20.5 Å². The summed E-state index contributed by atoms with van der Waals surface area (Å²) in [6.45, 7) is 6.42. The van der Waals surface area contributed by atoms with Crippen LogP contribution in [-0.2, 0) is 11.3 Å². The number of hydrogen-bond donors (Lipinski definition) is 2. The first-order valence-electron chi connectivity index (χ1n) is 9.83. The molecule has 3 aliphatic rings. The van der Waals surface area contributed by atoms with E-state index >= 15 is 0 Å². The fourth-order valence-electron chi connectivity index (χ4n) is 3.98. The number of nitrogen functional groups attached to an aromatic ring is 1. The SMILES string of the molecule is CC(C)(O)[C@H](F)CN1Cc2cc(N)c(C3=CCN(C4COC4)CC3)cc2C1=O. The summed E-state index contributed by atoms with van der Waals surface area (Å²) in [5, 5.41) is 9.84. The van der Waals surface area contributed by atoms with Crippen LogP contribution in [0.2, 0.25) is 0 Å². The number of amides is 1. The largest absolute Gasteiger partial charge is 0.398 e. The van der Waals surface area contributed by atoms with Crippen molar-refractivity contribution >= 4 is 17.2 Å². The summed E-state index contributed by atoms with van der Waals surface area (Å²) in [5.41, 5.74) is 8.93. The lowest BCUT2D eigenvalue weighted by Gasteiger charge is -2.39. The quantitative estimate of drug-likeness (QED) is 0.751. The normalized spacial score (nSPS) is 22.1. The third-order valence-corrected chi connectivity index (χ3v) is 6.02. The molecule has 0 unspecified atom stereocenters. The van der Waals surface area contributed by atoms with Crippen molar-refractivity contribution in [2.45, 2.75) is 44.6 Å². The first-order chi connectivity index (χ1) is 13.2. The Morgan fingerprint density at radius 3 is 2.68 bits per heavy atom. The number of hydrogen-bond acceptors (Lipinski definition) is 5. The molecule has 1 fully saturated rings. The monoisotopic (exact) mass is 389 g/mol. The molecule has 6 nitrogen and oxygen atoms in total. The van der Waals surface area contributed by atoms with E-state index in [9.17, 15) is 14.3 Å². The predicted octanol–water partition coefficient (Wildman–Crippen LogP) is 1.82. The average Bonchev–Trinajstić information content (AvgIpc) is 2.88. The fourth-order valence-corrected chi connectivity index (χ4v) is 3.98. The minimum absolute atomic E-state index is 0.132. The molecular formula is C21H28FN3O3. The van der Waals surface area contributed by atoms with Gasteiger partial charge in [0, 0.05) is 36.4 Å². The van der Waals surface area contributed by atoms with Crippen molar-refractivity contribution in [3.8, 4) is 0 Å². The van der Waals surface area contributed by atoms with E-state index in [1.165, 1.54) is 18.7 Å². The van der Waals surface area contributed by atoms with E-state index in [0.29, 0.717) is 23.8 Å². The molecule has 0 aromatic heterocycles. The van der Waals surface area contributed by atoms with Crippen molar-refractivity contribution in [2.75, 3.05) is 38.6 Å². The number of nitrogens with two attached hydrogens (primary N) is 1. The van der Waals surface area contributed by atoms with Crippen LogP contribution in [0.3, 0.4) is 0 Å². The van der Waals surface area contributed by atoms with Gasteiger partial charge in [-0.05, 0) is 43.5 Å². The van der Waals surface area contributed by atoms with E-state index in [1.807, 2.05) is 12.1 Å². The molecule has 152 valence electrons. The third kappa shape index (κ3) is 3.54. The number of ether oxygens (including phenoxy) is 1. The van der Waals surface area contributed by atoms with Gasteiger partial charge in [-0.1, -0.05) is 6.08 Å². The molecule has 3 aliphatic heterocycles. The van der Waals surface area contributed by atoms with Crippen LogP contribution in [0.25, 0.3) is 5.57 Å². The van der Waals surface area contributed by atoms with E-state index in [2.05, 4.69) is 11.0 Å². The maximum absolute atomic E-state index is 14.3. The Morgan fingerprint density at radius 2 is 2.11 bits per heavy atom. The number of aliphatic hydroxyl groups is 1. The smallest absolute Gasteiger partial charge is 0.254 e. The first kappa shape index (κ1) is 19.4. The number of alkyl halides is 1. The van der Waals surface area contributed by atoms with Crippen LogP contribution in [0, 0.1) is 0 Å². The molecule has 3 N–H and O–H groups in total. The minimum atomic E-state index is -1.51. The van der Waals surface area contributed by atoms with Crippen molar-refractivity contribution in [3.63, 3.8) is 0 Å². The summed E-state index contributed by atoms with van der Waals surface area (Å²) in [5.74, 6) is -0.201. The third-order valence-electron chi connectivity index (χ3n) is 6.02. The summed E-state index contributed by atoms with van der Waals surface area (Å²) >= 11 is 0. The summed E-state index contributed by atoms with van der Waals surface area (Å²) < 4.78 is 19.5. The zero-order valence-corrected chi connectivity index (χ0v) is 16.4. The summed E-state index contributed by atoms with van der Waals surface area (Å²) in [6, 6.07) is 4.21. The molecule has 0 spiro atoms. The number of anilines is 1. The lowest BCUT2D eigenvalue weighted by atomic mass is 9.94. The molecule has 1 aromatic rings. The molecule has 3 heterocycles. The molecule has 0 saturated carbocycles. The van der Waals surface area contributed by atoms with E-state index in [1.54, 1.807) is 0 Å². The number of benzene rings is 1. The molecule has 7 heteroatoms. The second-order valence-electron chi connectivity index (χ2n) is 8.57. The molecule has 0 bridgehead atoms. The molecule has 0 radical (unpaired) electrons. The molecule has 1 amide bonds. The highest BCUT2D eigenvalue weighted by Crippen LogP contribution is 2.34. The zero-order chi connectivity index (χ0) is 20.1. The summed E-state index contributed by atoms with van der Waals surface area (Å²) in [6.07, 6.45) is 1.55. The van der Waals surface area contributed by atoms with Gasteiger partial charge in [0.05, 0.1) is 31.4 Å². The molecule has 0 aliphatic carbocycles. The lowest BCUT2D eigenvalue weighted by molar-refractivity contribution is -0.0612. The van der Waals surface area contributed by atoms with Gasteiger partial charge in [0.25, 0.3) is 5.91 Å². The second kappa shape index (κ2) is 7.13. The second-order valence-corrected chi connectivity index (χ2v) is 8.57. The Labute approximate surface area is 164 Å². The summed E-state index contributed by atoms with van der Waals surface area (Å²) in [4.78, 5) is 16.6. The number of carbonyl (C=O) groups excluding carboxylic acids is 1. The first-order valence-corrected chi connectivity index (χ1v) is 9.83. The van der Waals surface area contributed by atoms with Crippen LogP contribution in [0.4, 0.5) is 10.1 Å². The predicted molar refractivity (Wildman–Crippen MR) is 106 cm³/mol. The van der Waals surface area contributed by atoms with E-state index < -0.39 is 11.8 Å². The maximum atomic E-state index is 14.3. The van der Waals surface area contributed by atoms with E-state index in [-0.39, 0.29) is 12.5 Å². The summed E-state index contributed by atoms with van der Waals surface area (Å²) in [7, 11) is 0. The van der Waals surface area contributed by atoms with Gasteiger partial charge in [-0.25, -0.2) is 4.39 Å². The lowest BCUT2D eigenvalue weighted by Crippen LogP contribution is -2.50. The molecule has 28 heavy (non-hydrogen) atoms. The number of fused-ring (bicyclic) bond motifs is 1. The molecule has 1 aromatic carbocycles. The van der Waals surface area contributed by atoms with Gasteiger partial charge in [-0.2, -0.15) is 0 Å². The number of carbonyl (C=O) groups is 1. The van der Waals surface area contributed by atoms with Crippen molar-refractivity contribution in [1.29, 1.82) is 0 Å². The van der Waals surface area contributed by atoms with Crippen LogP contribution in [0.1, 0.15) is 41.8 Å². The van der Waals surface area contributed by atoms with Gasteiger partial charge in [0.1, 0.15) is 6.17 Å². The number of nitrogens with zero attached hydrogens (tertiary/aromatic N) is 2. The van der Waals surface area contributed by atoms with E-state index in [4.69, 9.17) is 10.5 Å². The van der Waals surface area contributed by atoms with Gasteiger partial charge in [0.2, 0.25) is 0 Å². The highest BCUT2D eigenvalue weighted by Gasteiger charge is 2.35. The van der Waals surface area contributed by atoms with Crippen LogP contribution < -0.4 is 5.73 Å². The van der Waals surface area contributed by atoms with Crippen LogP contribution in [-0.4, -0.2) is 71.5 Å². The maximum Gasteiger partial charge on any atom is 0.254 e. The van der Waals surface area contributed by atoms with Crippen LogP contribution >= 0.6 is 0 Å². The van der Waals surface area contributed by atoms with E-state index in [0.717, 1.165) is 49.4 Å². The molecule has 1 saturated heterocycles. The highest BCUT2D eigenvalue weighted by atomic mass is 19.1. The van der Waals surface area contributed by atoms with Crippen molar-refractivity contribution in [3.05, 3.63) is 34.9 Å². The van der Waals surface area contributed by atoms with Crippen molar-refractivity contribution < 1.29 is 19.0 Å². The Morgan fingerprint density at radius 1 is 1.36 bits per heavy atom. The molecule has 1 atom stereocenters. The standard InChI is InChI=1S/C21H28FN3O3/c1-21(2,27)19(22)10-25-9-14-7-18(23)16(8-17(14)20(25)26)13-3-5-24(6-4-13)15-11-28-12-15/h3,7-8,15,19,27H,4-6,9-12,23H2,1-2H3/t19-/m1/s1. The Kier molecular flexibility index (Phi) is 4.93. The zero-order valence-electron chi connectivity index (χ0n) is 16.4. The highest BCUT2D eigenvalue weighted by molar-refractivity contribution is 6.00. The van der Waals surface area contributed by atoms with Crippen molar-refractivity contribution in [1.82, 2.24) is 9.80 Å². The van der Waals surface area contributed by atoms with Crippen molar-refractivity contribution in [2.24, 2.45) is 0 Å². The average molecular weight is 389 g/mol. The van der Waals surface area contributed by atoms with Gasteiger partial charge in [-0.15, -0.1) is 0 Å². The Balaban J connectivity index is 1.51. The Hall–Kier alpha value is -1.96. The van der Waals surface area contributed by atoms with Crippen LogP contribution in [0.5, 0.6) is 0 Å². The molecular weight excluding hydrogens is 361 g/mol. The van der Waals surface area contributed by atoms with Crippen LogP contribution in [0.15, 0.2) is 18.2 Å². The minimum Gasteiger partial charge on any atom is -0.398 e. The molecule has 4 rings (SSSR count).